The van der Waals surface area contributed by atoms with Gasteiger partial charge < -0.3 is 45.0 Å². The number of nitrogens with one attached hydrogen (secondary N) is 1. The molecule has 2 unspecified atom stereocenters. The Morgan fingerprint density at radius 2 is 1.65 bits per heavy atom. The van der Waals surface area contributed by atoms with E-state index < -0.39 is 24.1 Å². The van der Waals surface area contributed by atoms with Gasteiger partial charge in [0.15, 0.2) is 0 Å². The summed E-state index contributed by atoms with van der Waals surface area (Å²) in [5.41, 5.74) is 3.10. The second kappa shape index (κ2) is 15.1. The highest BCUT2D eigenvalue weighted by atomic mass is 35.5. The fourth-order valence-corrected chi connectivity index (χ4v) is 4.69. The van der Waals surface area contributed by atoms with Gasteiger partial charge in [-0.15, -0.1) is 0 Å². The molecule has 2 aromatic rings. The van der Waals surface area contributed by atoms with Crippen molar-refractivity contribution >= 4 is 52.4 Å². The van der Waals surface area contributed by atoms with Gasteiger partial charge in [0.25, 0.3) is 0 Å². The molecule has 1 saturated heterocycles. The van der Waals surface area contributed by atoms with Gasteiger partial charge in [-0.25, -0.2) is 0 Å². The van der Waals surface area contributed by atoms with E-state index in [4.69, 9.17) is 38.2 Å². The Morgan fingerprint density at radius 3 is 2.30 bits per heavy atom. The highest BCUT2D eigenvalue weighted by molar-refractivity contribution is 6.43. The summed E-state index contributed by atoms with van der Waals surface area (Å²) < 4.78 is 5.89. The van der Waals surface area contributed by atoms with Crippen LogP contribution in [0.4, 0.5) is 11.4 Å². The van der Waals surface area contributed by atoms with E-state index in [0.29, 0.717) is 23.1 Å². The molecule has 2 atom stereocenters. The molecule has 1 amide bonds. The van der Waals surface area contributed by atoms with Crippen LogP contribution in [0.1, 0.15) is 24.8 Å². The number of aliphatic hydroxyl groups is 2. The van der Waals surface area contributed by atoms with Crippen molar-refractivity contribution in [2.45, 2.75) is 37.9 Å². The number of benzene rings is 2. The first-order chi connectivity index (χ1) is 19.1. The quantitative estimate of drug-likeness (QED) is 0.320. The van der Waals surface area contributed by atoms with Crippen LogP contribution in [0, 0.1) is 0 Å². The van der Waals surface area contributed by atoms with E-state index in [1.165, 1.54) is 5.56 Å². The number of anilines is 2. The lowest BCUT2D eigenvalue weighted by Crippen LogP contribution is -2.51. The van der Waals surface area contributed by atoms with Crippen molar-refractivity contribution < 1.29 is 39.5 Å². The molecule has 2 heterocycles. The summed E-state index contributed by atoms with van der Waals surface area (Å²) in [6, 6.07) is 11.8. The molecule has 3 N–H and O–H groups in total. The first-order valence-corrected chi connectivity index (χ1v) is 13.6. The number of carbonyl (C=O) groups excluding carboxylic acids is 3. The first-order valence-electron chi connectivity index (χ1n) is 12.8. The number of aliphatic carboxylic acids is 2. The number of fused-ring (bicyclic) bond motifs is 1. The number of hydrogen-bond acceptors (Lipinski definition) is 10. The zero-order chi connectivity index (χ0) is 29.2. The lowest BCUT2D eigenvalue weighted by Gasteiger charge is -2.36. The van der Waals surface area contributed by atoms with Gasteiger partial charge in [0.2, 0.25) is 5.91 Å². The zero-order valence-corrected chi connectivity index (χ0v) is 23.2. The van der Waals surface area contributed by atoms with Crippen LogP contribution < -0.4 is 25.2 Å². The van der Waals surface area contributed by atoms with Crippen LogP contribution in [0.25, 0.3) is 0 Å². The molecular formula is C27H31Cl2N3O8-2. The molecule has 1 fully saturated rings. The number of ether oxygens (including phenoxy) is 1. The Labute approximate surface area is 241 Å². The standard InChI is InChI=1S/C23H27Cl2N3O2.C4H6O6/c24-19-4-3-5-21(23(19)25)28-13-11-27(12-14-28)10-1-2-15-30-18-8-6-17-7-9-22(29)26-20(17)16-18;5-1(3(7)8)2(6)4(9)10/h3-6,8,16H,1-2,7,9-15H2,(H,26,29);1-2,5-6H,(H,7,8)(H,9,10)/p-2. The van der Waals surface area contributed by atoms with Gasteiger partial charge in [0.1, 0.15) is 18.0 Å². The van der Waals surface area contributed by atoms with Crippen LogP contribution in [-0.2, 0) is 20.8 Å². The van der Waals surface area contributed by atoms with Gasteiger partial charge in [-0.3, -0.25) is 9.69 Å². The Balaban J connectivity index is 0.000000378. The number of unbranched alkanes of at least 4 members (excludes halogenated alkanes) is 1. The second-order valence-corrected chi connectivity index (χ2v) is 10.1. The van der Waals surface area contributed by atoms with Crippen molar-refractivity contribution in [2.24, 2.45) is 0 Å². The van der Waals surface area contributed by atoms with Crippen molar-refractivity contribution in [1.82, 2.24) is 4.90 Å². The number of piperazine rings is 1. The first kappa shape index (κ1) is 31.4. The minimum absolute atomic E-state index is 0.0809. The molecule has 11 nitrogen and oxygen atoms in total. The average molecular weight is 596 g/mol. The van der Waals surface area contributed by atoms with Crippen LogP contribution in [0.15, 0.2) is 36.4 Å². The highest BCUT2D eigenvalue weighted by Crippen LogP contribution is 2.33. The second-order valence-electron chi connectivity index (χ2n) is 9.35. The number of rotatable bonds is 10. The Hall–Kier alpha value is -3.09. The molecule has 0 spiro atoms. The molecule has 2 aliphatic heterocycles. The summed E-state index contributed by atoms with van der Waals surface area (Å²) >= 11 is 12.5. The summed E-state index contributed by atoms with van der Waals surface area (Å²) in [6.07, 6.45) is -1.41. The fourth-order valence-electron chi connectivity index (χ4n) is 4.27. The largest absolute Gasteiger partial charge is 0.547 e. The van der Waals surface area contributed by atoms with Crippen molar-refractivity contribution in [2.75, 3.05) is 49.5 Å². The van der Waals surface area contributed by atoms with Gasteiger partial charge in [-0.1, -0.05) is 35.3 Å². The monoisotopic (exact) mass is 595 g/mol. The number of carboxylic acids is 2. The normalized spacial score (nSPS) is 16.6. The van der Waals surface area contributed by atoms with E-state index in [1.54, 1.807) is 0 Å². The predicted molar refractivity (Wildman–Crippen MR) is 145 cm³/mol. The molecule has 0 saturated carbocycles. The van der Waals surface area contributed by atoms with Crippen molar-refractivity contribution in [1.29, 1.82) is 0 Å². The van der Waals surface area contributed by atoms with Crippen molar-refractivity contribution in [3.63, 3.8) is 0 Å². The topological polar surface area (TPSA) is 166 Å². The number of amides is 1. The number of carbonyl (C=O) groups is 3. The number of halogens is 2. The summed E-state index contributed by atoms with van der Waals surface area (Å²) in [5, 5.41) is 39.9. The Kier molecular flexibility index (Phi) is 11.8. The molecule has 218 valence electrons. The molecule has 4 rings (SSSR count). The predicted octanol–water partition coefficient (Wildman–Crippen LogP) is 0.0673. The fraction of sp³-hybridized carbons (Fsp3) is 0.444. The third-order valence-corrected chi connectivity index (χ3v) is 7.35. The average Bonchev–Trinajstić information content (AvgIpc) is 2.94. The number of hydrogen-bond donors (Lipinski definition) is 3. The SMILES string of the molecule is O=C([O-])C(O)C(O)C(=O)[O-].O=C1CCc2ccc(OCCCCN3CCN(c4cccc(Cl)c4Cl)CC3)cc2N1. The maximum Gasteiger partial charge on any atom is 0.224 e. The highest BCUT2D eigenvalue weighted by Gasteiger charge is 2.20. The maximum atomic E-state index is 11.5. The smallest absolute Gasteiger partial charge is 0.224 e. The van der Waals surface area contributed by atoms with Gasteiger partial charge in [-0.05, 0) is 49.6 Å². The van der Waals surface area contributed by atoms with E-state index in [0.717, 1.165) is 69.1 Å². The molecular weight excluding hydrogens is 565 g/mol. The third-order valence-electron chi connectivity index (χ3n) is 6.54. The van der Waals surface area contributed by atoms with E-state index in [-0.39, 0.29) is 5.91 Å². The van der Waals surface area contributed by atoms with Gasteiger partial charge in [0, 0.05) is 44.4 Å². The van der Waals surface area contributed by atoms with E-state index in [2.05, 4.69) is 21.2 Å². The lowest BCUT2D eigenvalue weighted by atomic mass is 10.0. The Morgan fingerprint density at radius 1 is 0.975 bits per heavy atom. The number of aryl methyl sites for hydroxylation is 1. The summed E-state index contributed by atoms with van der Waals surface area (Å²) in [5.74, 6) is -3.21. The van der Waals surface area contributed by atoms with E-state index in [9.17, 15) is 24.6 Å². The number of nitrogens with zero attached hydrogens (tertiary/aromatic N) is 2. The van der Waals surface area contributed by atoms with E-state index >= 15 is 0 Å². The molecule has 2 aliphatic rings. The van der Waals surface area contributed by atoms with Crippen molar-refractivity contribution in [3.05, 3.63) is 52.0 Å². The zero-order valence-electron chi connectivity index (χ0n) is 21.7. The molecule has 0 radical (unpaired) electrons. The maximum absolute atomic E-state index is 11.5. The van der Waals surface area contributed by atoms with Crippen LogP contribution in [-0.4, -0.2) is 84.5 Å². The summed E-state index contributed by atoms with van der Waals surface area (Å²) in [4.78, 5) is 35.6. The third kappa shape index (κ3) is 8.97. The molecule has 40 heavy (non-hydrogen) atoms. The number of aliphatic hydroxyl groups excluding tert-OH is 2. The van der Waals surface area contributed by atoms with Crippen LogP contribution in [0.3, 0.4) is 0 Å². The van der Waals surface area contributed by atoms with E-state index in [1.807, 2.05) is 30.3 Å². The van der Waals surface area contributed by atoms with Gasteiger partial charge in [-0.2, -0.15) is 0 Å². The van der Waals surface area contributed by atoms with Crippen LogP contribution in [0.2, 0.25) is 10.0 Å². The summed E-state index contributed by atoms with van der Waals surface area (Å²) in [7, 11) is 0. The Bertz CT molecular complexity index is 1170. The van der Waals surface area contributed by atoms with Gasteiger partial charge >= 0.3 is 0 Å². The minimum Gasteiger partial charge on any atom is -0.547 e. The molecule has 0 aliphatic carbocycles. The van der Waals surface area contributed by atoms with Crippen LogP contribution in [0.5, 0.6) is 5.75 Å². The van der Waals surface area contributed by atoms with Crippen LogP contribution >= 0.6 is 23.2 Å². The molecule has 13 heteroatoms. The lowest BCUT2D eigenvalue weighted by molar-refractivity contribution is -0.333. The molecule has 2 aromatic carbocycles. The van der Waals surface area contributed by atoms with Crippen molar-refractivity contribution in [3.8, 4) is 5.75 Å². The summed E-state index contributed by atoms with van der Waals surface area (Å²) in [6.45, 7) is 5.71. The van der Waals surface area contributed by atoms with Gasteiger partial charge in [0.05, 0.1) is 34.3 Å². The molecule has 0 aromatic heterocycles. The number of carboxylic acid groups (broad SMARTS) is 2. The molecule has 0 bridgehead atoms. The minimum atomic E-state index is -2.44.